The van der Waals surface area contributed by atoms with Crippen molar-refractivity contribution in [2.75, 3.05) is 20.1 Å². The molecule has 0 aliphatic rings. The maximum absolute atomic E-state index is 12.1. The average molecular weight is 501 g/mol. The van der Waals surface area contributed by atoms with Gasteiger partial charge in [-0.05, 0) is 30.4 Å². The molecule has 1 aromatic heterocycles. The van der Waals surface area contributed by atoms with Crippen molar-refractivity contribution in [1.82, 2.24) is 10.6 Å². The third kappa shape index (κ3) is 7.67. The fourth-order valence-electron chi connectivity index (χ4n) is 2.34. The summed E-state index contributed by atoms with van der Waals surface area (Å²) in [5.41, 5.74) is 0. The molecular formula is C17H23F3IN3OS. The topological polar surface area (TPSA) is 56.7 Å². The average Bonchev–Trinajstić information content (AvgIpc) is 3.00. The molecule has 0 aliphatic carbocycles. The number of thiophene rings is 1. The maximum atomic E-state index is 12.1. The van der Waals surface area contributed by atoms with Crippen molar-refractivity contribution in [2.45, 2.75) is 31.5 Å². The summed E-state index contributed by atoms with van der Waals surface area (Å²) >= 11 is 1.53. The molecule has 1 heterocycles. The first-order valence-electron chi connectivity index (χ1n) is 8.07. The molecule has 1 unspecified atom stereocenters. The lowest BCUT2D eigenvalue weighted by molar-refractivity contribution is -0.135. The van der Waals surface area contributed by atoms with Crippen LogP contribution in [0.5, 0.6) is 0 Å². The van der Waals surface area contributed by atoms with Crippen molar-refractivity contribution >= 4 is 51.4 Å². The van der Waals surface area contributed by atoms with Crippen LogP contribution in [0.25, 0.3) is 10.1 Å². The van der Waals surface area contributed by atoms with Gasteiger partial charge in [-0.15, -0.1) is 35.3 Å². The second-order valence-corrected chi connectivity index (χ2v) is 6.77. The zero-order chi connectivity index (χ0) is 18.3. The molecule has 0 fully saturated rings. The molecule has 1 aromatic carbocycles. The lowest BCUT2D eigenvalue weighted by Gasteiger charge is -2.14. The minimum Gasteiger partial charge on any atom is -0.386 e. The fraction of sp³-hybridized carbons (Fsp3) is 0.471. The minimum atomic E-state index is -4.10. The van der Waals surface area contributed by atoms with E-state index in [9.17, 15) is 18.3 Å². The number of rotatable bonds is 7. The zero-order valence-corrected chi connectivity index (χ0v) is 17.5. The zero-order valence-electron chi connectivity index (χ0n) is 14.3. The van der Waals surface area contributed by atoms with E-state index in [4.69, 9.17) is 0 Å². The molecular weight excluding hydrogens is 478 g/mol. The predicted molar refractivity (Wildman–Crippen MR) is 111 cm³/mol. The van der Waals surface area contributed by atoms with Crippen LogP contribution in [0, 0.1) is 0 Å². The van der Waals surface area contributed by atoms with Gasteiger partial charge in [-0.3, -0.25) is 4.99 Å². The second kappa shape index (κ2) is 10.9. The summed E-state index contributed by atoms with van der Waals surface area (Å²) in [4.78, 5) is 4.86. The van der Waals surface area contributed by atoms with Crippen LogP contribution in [0.2, 0.25) is 0 Å². The van der Waals surface area contributed by atoms with Crippen LogP contribution >= 0.6 is 35.3 Å². The smallest absolute Gasteiger partial charge is 0.386 e. The van der Waals surface area contributed by atoms with Crippen LogP contribution < -0.4 is 10.6 Å². The Morgan fingerprint density at radius 3 is 2.62 bits per heavy atom. The summed E-state index contributed by atoms with van der Waals surface area (Å²) in [5, 5.41) is 17.3. The number of benzene rings is 1. The summed E-state index contributed by atoms with van der Waals surface area (Å²) in [7, 11) is 1.58. The van der Waals surface area contributed by atoms with E-state index in [1.807, 2.05) is 30.3 Å². The number of hydrogen-bond acceptors (Lipinski definition) is 3. The molecule has 0 saturated heterocycles. The Labute approximate surface area is 171 Å². The van der Waals surface area contributed by atoms with E-state index in [1.165, 1.54) is 11.3 Å². The third-order valence-electron chi connectivity index (χ3n) is 3.64. The number of unbranched alkanes of at least 4 members (excludes halogenated alkanes) is 1. The first-order valence-corrected chi connectivity index (χ1v) is 8.88. The summed E-state index contributed by atoms with van der Waals surface area (Å²) in [6.45, 7) is 0.670. The van der Waals surface area contributed by atoms with E-state index in [-0.39, 0.29) is 36.9 Å². The number of guanidine groups is 1. The molecule has 0 bridgehead atoms. The van der Waals surface area contributed by atoms with Gasteiger partial charge in [0.15, 0.2) is 5.96 Å². The van der Waals surface area contributed by atoms with Crippen LogP contribution in [0.1, 0.15) is 30.2 Å². The van der Waals surface area contributed by atoms with E-state index in [2.05, 4.69) is 15.6 Å². The summed E-state index contributed by atoms with van der Waals surface area (Å²) in [6, 6.07) is 9.87. The Morgan fingerprint density at radius 1 is 1.23 bits per heavy atom. The molecule has 2 aromatic rings. The maximum Gasteiger partial charge on any atom is 0.389 e. The van der Waals surface area contributed by atoms with Crippen molar-refractivity contribution in [3.63, 3.8) is 0 Å². The lowest BCUT2D eigenvalue weighted by atomic mass is 10.2. The lowest BCUT2D eigenvalue weighted by Crippen LogP contribution is -2.39. The highest BCUT2D eigenvalue weighted by molar-refractivity contribution is 14.0. The van der Waals surface area contributed by atoms with Crippen LogP contribution in [-0.2, 0) is 0 Å². The molecule has 1 atom stereocenters. The van der Waals surface area contributed by atoms with Crippen molar-refractivity contribution in [3.8, 4) is 0 Å². The fourth-order valence-corrected chi connectivity index (χ4v) is 3.39. The minimum absolute atomic E-state index is 0. The number of halogens is 4. The highest BCUT2D eigenvalue weighted by Crippen LogP contribution is 2.29. The number of alkyl halides is 3. The monoisotopic (exact) mass is 501 g/mol. The van der Waals surface area contributed by atoms with Crippen molar-refractivity contribution in [1.29, 1.82) is 0 Å². The van der Waals surface area contributed by atoms with Crippen LogP contribution in [-0.4, -0.2) is 37.4 Å². The van der Waals surface area contributed by atoms with Gasteiger partial charge in [0.1, 0.15) is 6.10 Å². The van der Waals surface area contributed by atoms with E-state index in [0.717, 1.165) is 15.0 Å². The van der Waals surface area contributed by atoms with Gasteiger partial charge in [0.05, 0.1) is 0 Å². The number of aliphatic hydroxyl groups is 1. The molecule has 0 aliphatic heterocycles. The van der Waals surface area contributed by atoms with Gasteiger partial charge in [0.2, 0.25) is 0 Å². The first-order chi connectivity index (χ1) is 11.9. The number of hydrogen-bond donors (Lipinski definition) is 3. The van der Waals surface area contributed by atoms with Crippen LogP contribution in [0.4, 0.5) is 13.2 Å². The number of fused-ring (bicyclic) bond motifs is 1. The Bertz CT molecular complexity index is 673. The number of nitrogens with one attached hydrogen (secondary N) is 2. The van der Waals surface area contributed by atoms with E-state index >= 15 is 0 Å². The molecule has 9 heteroatoms. The SMILES string of the molecule is CN=C(NCCCCC(F)(F)F)NCC(O)c1cc2ccccc2s1.I. The highest BCUT2D eigenvalue weighted by Gasteiger charge is 2.25. The van der Waals surface area contributed by atoms with Gasteiger partial charge in [0.25, 0.3) is 0 Å². The molecule has 0 saturated carbocycles. The Balaban J connectivity index is 0.00000338. The van der Waals surface area contributed by atoms with E-state index < -0.39 is 18.7 Å². The van der Waals surface area contributed by atoms with Gasteiger partial charge in [0, 0.05) is 36.1 Å². The van der Waals surface area contributed by atoms with Crippen molar-refractivity contribution < 1.29 is 18.3 Å². The molecule has 4 nitrogen and oxygen atoms in total. The van der Waals surface area contributed by atoms with Gasteiger partial charge < -0.3 is 15.7 Å². The summed E-state index contributed by atoms with van der Waals surface area (Å²) < 4.78 is 37.3. The van der Waals surface area contributed by atoms with Crippen molar-refractivity contribution in [3.05, 3.63) is 35.2 Å². The first kappa shape index (κ1) is 23.0. The van der Waals surface area contributed by atoms with Gasteiger partial charge in [-0.1, -0.05) is 18.2 Å². The molecule has 26 heavy (non-hydrogen) atoms. The van der Waals surface area contributed by atoms with Gasteiger partial charge in [-0.25, -0.2) is 0 Å². The number of aliphatic imine (C=N–C) groups is 1. The van der Waals surface area contributed by atoms with Crippen molar-refractivity contribution in [2.24, 2.45) is 4.99 Å². The Morgan fingerprint density at radius 2 is 1.96 bits per heavy atom. The number of nitrogens with zero attached hydrogens (tertiary/aromatic N) is 1. The van der Waals surface area contributed by atoms with E-state index in [1.54, 1.807) is 7.05 Å². The largest absolute Gasteiger partial charge is 0.389 e. The van der Waals surface area contributed by atoms with Crippen LogP contribution in [0.15, 0.2) is 35.3 Å². The Kier molecular flexibility index (Phi) is 9.66. The molecule has 146 valence electrons. The number of aliphatic hydroxyl groups excluding tert-OH is 1. The normalized spacial score (nSPS) is 13.3. The third-order valence-corrected chi connectivity index (χ3v) is 4.86. The molecule has 0 amide bonds. The van der Waals surface area contributed by atoms with Gasteiger partial charge >= 0.3 is 6.18 Å². The van der Waals surface area contributed by atoms with Gasteiger partial charge in [-0.2, -0.15) is 13.2 Å². The summed E-state index contributed by atoms with van der Waals surface area (Å²) in [5.74, 6) is 0.465. The standard InChI is InChI=1S/C17H22F3N3OS.HI/c1-21-16(22-9-5-4-8-17(18,19)20)23-11-13(24)15-10-12-6-2-3-7-14(12)25-15;/h2-3,6-7,10,13,24H,4-5,8-9,11H2,1H3,(H2,21,22,23);1H. The predicted octanol–water partition coefficient (Wildman–Crippen LogP) is 4.45. The Hall–Kier alpha value is -1.07. The van der Waals surface area contributed by atoms with Crippen LogP contribution in [0.3, 0.4) is 0 Å². The van der Waals surface area contributed by atoms with E-state index in [0.29, 0.717) is 18.9 Å². The quantitative estimate of drug-likeness (QED) is 0.228. The molecule has 3 N–H and O–H groups in total. The summed E-state index contributed by atoms with van der Waals surface area (Å²) in [6.07, 6.45) is -5.07. The second-order valence-electron chi connectivity index (χ2n) is 5.65. The highest BCUT2D eigenvalue weighted by atomic mass is 127. The molecule has 0 radical (unpaired) electrons. The molecule has 0 spiro atoms. The molecule has 2 rings (SSSR count).